The van der Waals surface area contributed by atoms with Crippen LogP contribution in [0.15, 0.2) is 18.2 Å². The normalized spacial score (nSPS) is 18.9. The topological polar surface area (TPSA) is 41.1 Å². The third-order valence-electron chi connectivity index (χ3n) is 3.00. The summed E-state index contributed by atoms with van der Waals surface area (Å²) in [5, 5.41) is 6.06. The second kappa shape index (κ2) is 6.71. The molecule has 100 valence electrons. The molecule has 0 bridgehead atoms. The van der Waals surface area contributed by atoms with Crippen molar-refractivity contribution in [3.05, 3.63) is 35.1 Å². The van der Waals surface area contributed by atoms with Crippen LogP contribution in [0.2, 0.25) is 0 Å². The van der Waals surface area contributed by atoms with Gasteiger partial charge in [0, 0.05) is 12.6 Å². The van der Waals surface area contributed by atoms with Crippen LogP contribution in [-0.2, 0) is 0 Å². The van der Waals surface area contributed by atoms with Gasteiger partial charge >= 0.3 is 0 Å². The highest BCUT2D eigenvalue weighted by atomic mass is 35.5. The molecule has 1 aromatic carbocycles. The Morgan fingerprint density at radius 3 is 2.89 bits per heavy atom. The Morgan fingerprint density at radius 1 is 1.50 bits per heavy atom. The van der Waals surface area contributed by atoms with Gasteiger partial charge in [0.15, 0.2) is 0 Å². The predicted molar refractivity (Wildman–Crippen MR) is 71.7 cm³/mol. The van der Waals surface area contributed by atoms with E-state index in [9.17, 15) is 9.18 Å². The monoisotopic (exact) mass is 272 g/mol. The lowest BCUT2D eigenvalue weighted by Gasteiger charge is -2.23. The summed E-state index contributed by atoms with van der Waals surface area (Å²) < 4.78 is 13.6. The van der Waals surface area contributed by atoms with Crippen molar-refractivity contribution < 1.29 is 9.18 Å². The van der Waals surface area contributed by atoms with Crippen molar-refractivity contribution in [2.75, 3.05) is 13.1 Å². The van der Waals surface area contributed by atoms with E-state index in [1.54, 1.807) is 13.0 Å². The summed E-state index contributed by atoms with van der Waals surface area (Å²) in [6.07, 6.45) is 1.99. The third kappa shape index (κ3) is 3.68. The summed E-state index contributed by atoms with van der Waals surface area (Å²) in [6, 6.07) is 4.78. The quantitative estimate of drug-likeness (QED) is 0.865. The number of carbonyl (C=O) groups excluding carboxylic acids is 1. The second-order valence-corrected chi connectivity index (χ2v) is 4.50. The molecule has 2 rings (SSSR count). The Hall–Kier alpha value is -1.13. The molecule has 1 aromatic rings. The summed E-state index contributed by atoms with van der Waals surface area (Å²) in [6.45, 7) is 3.56. The van der Waals surface area contributed by atoms with E-state index in [-0.39, 0.29) is 29.9 Å². The van der Waals surface area contributed by atoms with E-state index in [4.69, 9.17) is 0 Å². The van der Waals surface area contributed by atoms with Gasteiger partial charge in [0.2, 0.25) is 0 Å². The molecule has 0 saturated carbocycles. The van der Waals surface area contributed by atoms with E-state index in [2.05, 4.69) is 10.6 Å². The van der Waals surface area contributed by atoms with E-state index in [0.29, 0.717) is 0 Å². The molecule has 18 heavy (non-hydrogen) atoms. The van der Waals surface area contributed by atoms with Gasteiger partial charge in [-0.05, 0) is 44.0 Å². The van der Waals surface area contributed by atoms with Crippen molar-refractivity contribution in [1.29, 1.82) is 0 Å². The molecule has 0 radical (unpaired) electrons. The number of hydrogen-bond acceptors (Lipinski definition) is 2. The zero-order chi connectivity index (χ0) is 12.3. The molecule has 1 aliphatic heterocycles. The first kappa shape index (κ1) is 14.9. The van der Waals surface area contributed by atoms with Gasteiger partial charge in [-0.3, -0.25) is 4.79 Å². The van der Waals surface area contributed by atoms with Crippen LogP contribution in [0, 0.1) is 12.7 Å². The van der Waals surface area contributed by atoms with Crippen molar-refractivity contribution in [2.24, 2.45) is 0 Å². The zero-order valence-electron chi connectivity index (χ0n) is 10.3. The van der Waals surface area contributed by atoms with Gasteiger partial charge in [0.25, 0.3) is 5.91 Å². The Morgan fingerprint density at radius 2 is 2.28 bits per heavy atom. The van der Waals surface area contributed by atoms with E-state index >= 15 is 0 Å². The Kier molecular flexibility index (Phi) is 5.56. The molecule has 0 aliphatic carbocycles. The van der Waals surface area contributed by atoms with E-state index in [1.807, 2.05) is 0 Å². The van der Waals surface area contributed by atoms with Gasteiger partial charge < -0.3 is 10.6 Å². The summed E-state index contributed by atoms with van der Waals surface area (Å²) in [7, 11) is 0. The predicted octanol–water partition coefficient (Wildman–Crippen LogP) is 2.04. The van der Waals surface area contributed by atoms with Gasteiger partial charge in [0.1, 0.15) is 5.82 Å². The van der Waals surface area contributed by atoms with Crippen molar-refractivity contribution in [1.82, 2.24) is 10.6 Å². The summed E-state index contributed by atoms with van der Waals surface area (Å²) in [5.74, 6) is -0.775. The molecular weight excluding hydrogens is 255 g/mol. The molecule has 1 atom stereocenters. The molecule has 1 heterocycles. The van der Waals surface area contributed by atoms with Crippen molar-refractivity contribution in [2.45, 2.75) is 25.8 Å². The second-order valence-electron chi connectivity index (χ2n) is 4.50. The highest BCUT2D eigenvalue weighted by Gasteiger charge is 2.18. The van der Waals surface area contributed by atoms with Gasteiger partial charge in [0.05, 0.1) is 5.56 Å². The molecule has 1 fully saturated rings. The maximum absolute atomic E-state index is 13.6. The van der Waals surface area contributed by atoms with Crippen molar-refractivity contribution in [3.8, 4) is 0 Å². The maximum Gasteiger partial charge on any atom is 0.254 e. The largest absolute Gasteiger partial charge is 0.348 e. The highest BCUT2D eigenvalue weighted by molar-refractivity contribution is 5.94. The Balaban J connectivity index is 0.00000162. The number of hydrogen-bond donors (Lipinski definition) is 2. The lowest BCUT2D eigenvalue weighted by atomic mass is 10.1. The van der Waals surface area contributed by atoms with Gasteiger partial charge in [-0.15, -0.1) is 12.4 Å². The number of aryl methyl sites for hydroxylation is 1. The summed E-state index contributed by atoms with van der Waals surface area (Å²) in [5.41, 5.74) is 0.944. The number of piperidine rings is 1. The first-order valence-corrected chi connectivity index (χ1v) is 5.94. The third-order valence-corrected chi connectivity index (χ3v) is 3.00. The molecule has 1 aliphatic rings. The van der Waals surface area contributed by atoms with Crippen LogP contribution in [0.3, 0.4) is 0 Å². The molecule has 1 amide bonds. The van der Waals surface area contributed by atoms with Crippen molar-refractivity contribution in [3.63, 3.8) is 0 Å². The fourth-order valence-corrected chi connectivity index (χ4v) is 2.04. The summed E-state index contributed by atoms with van der Waals surface area (Å²) in [4.78, 5) is 11.9. The van der Waals surface area contributed by atoms with Crippen molar-refractivity contribution >= 4 is 18.3 Å². The molecule has 0 spiro atoms. The lowest BCUT2D eigenvalue weighted by Crippen LogP contribution is -2.45. The average Bonchev–Trinajstić information content (AvgIpc) is 2.30. The lowest BCUT2D eigenvalue weighted by molar-refractivity contribution is 0.0926. The summed E-state index contributed by atoms with van der Waals surface area (Å²) >= 11 is 0. The molecule has 5 heteroatoms. The molecule has 3 nitrogen and oxygen atoms in total. The van der Waals surface area contributed by atoms with Crippen LogP contribution >= 0.6 is 12.4 Å². The number of carbonyl (C=O) groups is 1. The highest BCUT2D eigenvalue weighted by Crippen LogP contribution is 2.11. The van der Waals surface area contributed by atoms with Crippen LogP contribution < -0.4 is 10.6 Å². The van der Waals surface area contributed by atoms with Crippen LogP contribution in [0.5, 0.6) is 0 Å². The SMILES string of the molecule is Cc1ccc(C(=O)N[C@H]2CCCNC2)c(F)c1.Cl. The van der Waals surface area contributed by atoms with Crippen LogP contribution in [0.25, 0.3) is 0 Å². The van der Waals surface area contributed by atoms with E-state index in [1.165, 1.54) is 12.1 Å². The Bertz CT molecular complexity index is 419. The minimum absolute atomic E-state index is 0. The first-order valence-electron chi connectivity index (χ1n) is 5.94. The molecule has 1 saturated heterocycles. The minimum Gasteiger partial charge on any atom is -0.348 e. The maximum atomic E-state index is 13.6. The minimum atomic E-state index is -0.453. The zero-order valence-corrected chi connectivity index (χ0v) is 11.1. The van der Waals surface area contributed by atoms with E-state index < -0.39 is 5.82 Å². The number of rotatable bonds is 2. The van der Waals surface area contributed by atoms with Crippen LogP contribution in [-0.4, -0.2) is 25.0 Å². The van der Waals surface area contributed by atoms with Crippen LogP contribution in [0.4, 0.5) is 4.39 Å². The van der Waals surface area contributed by atoms with Gasteiger partial charge in [-0.2, -0.15) is 0 Å². The number of halogens is 2. The number of amides is 1. The molecular formula is C13H18ClFN2O. The molecule has 2 N–H and O–H groups in total. The molecule has 0 unspecified atom stereocenters. The van der Waals surface area contributed by atoms with Gasteiger partial charge in [-0.1, -0.05) is 6.07 Å². The molecule has 0 aromatic heterocycles. The smallest absolute Gasteiger partial charge is 0.254 e. The Labute approximate surface area is 113 Å². The number of nitrogens with one attached hydrogen (secondary N) is 2. The van der Waals surface area contributed by atoms with Crippen LogP contribution in [0.1, 0.15) is 28.8 Å². The standard InChI is InChI=1S/C13H17FN2O.ClH/c1-9-4-5-11(12(14)7-9)13(17)16-10-3-2-6-15-8-10;/h4-5,7,10,15H,2-3,6,8H2,1H3,(H,16,17);1H/t10-;/m0./s1. The fraction of sp³-hybridized carbons (Fsp3) is 0.462. The number of benzene rings is 1. The van der Waals surface area contributed by atoms with Gasteiger partial charge in [-0.25, -0.2) is 4.39 Å². The average molecular weight is 273 g/mol. The first-order chi connectivity index (χ1) is 8.16. The van der Waals surface area contributed by atoms with E-state index in [0.717, 1.165) is 31.5 Å². The fourth-order valence-electron chi connectivity index (χ4n) is 2.04.